The molecule has 166 valence electrons. The summed E-state index contributed by atoms with van der Waals surface area (Å²) in [5.41, 5.74) is 0.792. The van der Waals surface area contributed by atoms with E-state index in [0.29, 0.717) is 12.5 Å². The minimum absolute atomic E-state index is 0. The molecule has 0 aliphatic heterocycles. The molecule has 0 heterocycles. The zero-order valence-corrected chi connectivity index (χ0v) is 20.3. The fourth-order valence-corrected chi connectivity index (χ4v) is 2.64. The molecule has 2 rings (SSSR count). The van der Waals surface area contributed by atoms with Gasteiger partial charge in [-0.1, -0.05) is 18.2 Å². The Kier molecular flexibility index (Phi) is 12.0. The average molecular weight is 529 g/mol. The van der Waals surface area contributed by atoms with Crippen LogP contribution in [0.2, 0.25) is 0 Å². The third-order valence-corrected chi connectivity index (χ3v) is 4.20. The Morgan fingerprint density at radius 2 is 1.67 bits per heavy atom. The predicted molar refractivity (Wildman–Crippen MR) is 130 cm³/mol. The number of guanidine groups is 1. The quantitative estimate of drug-likeness (QED) is 0.249. The van der Waals surface area contributed by atoms with Crippen molar-refractivity contribution in [1.29, 1.82) is 0 Å². The van der Waals surface area contributed by atoms with Gasteiger partial charge in [0.15, 0.2) is 5.96 Å². The molecule has 0 aliphatic carbocycles. The van der Waals surface area contributed by atoms with Gasteiger partial charge in [0.2, 0.25) is 0 Å². The highest BCUT2D eigenvalue weighted by Crippen LogP contribution is 2.20. The summed E-state index contributed by atoms with van der Waals surface area (Å²) in [7, 11) is 3.24. The number of aliphatic imine (C=N–C) groups is 1. The van der Waals surface area contributed by atoms with Gasteiger partial charge in [-0.05, 0) is 43.7 Å². The van der Waals surface area contributed by atoms with Crippen LogP contribution in [0.25, 0.3) is 0 Å². The van der Waals surface area contributed by atoms with Gasteiger partial charge in [-0.25, -0.2) is 0 Å². The molecule has 7 nitrogen and oxygen atoms in total. The molecular weight excluding hydrogens is 497 g/mol. The lowest BCUT2D eigenvalue weighted by molar-refractivity contribution is 0.187. The number of nitrogens with zero attached hydrogens (tertiary/aromatic N) is 1. The highest BCUT2D eigenvalue weighted by molar-refractivity contribution is 14.0. The summed E-state index contributed by atoms with van der Waals surface area (Å²) in [6, 6.07) is 14.8. The molecule has 0 aromatic heterocycles. The molecule has 0 radical (unpaired) electrons. The van der Waals surface area contributed by atoms with Crippen LogP contribution in [-0.2, 0) is 0 Å². The molecular formula is C22H32IN3O4. The molecule has 0 saturated heterocycles. The smallest absolute Gasteiger partial charge is 0.191 e. The van der Waals surface area contributed by atoms with Crippen LogP contribution in [0, 0.1) is 0 Å². The Balaban J connectivity index is 0.00000450. The lowest BCUT2D eigenvalue weighted by atomic mass is 10.1. The van der Waals surface area contributed by atoms with Gasteiger partial charge in [0.05, 0.1) is 33.4 Å². The van der Waals surface area contributed by atoms with Crippen LogP contribution < -0.4 is 24.8 Å². The second-order valence-electron chi connectivity index (χ2n) is 6.50. The van der Waals surface area contributed by atoms with E-state index in [0.717, 1.165) is 29.4 Å². The maximum absolute atomic E-state index is 10.4. The molecule has 0 aliphatic rings. The number of benzene rings is 2. The zero-order valence-electron chi connectivity index (χ0n) is 17.9. The minimum atomic E-state index is -0.693. The Bertz CT molecular complexity index is 771. The highest BCUT2D eigenvalue weighted by atomic mass is 127. The number of methoxy groups -OCH3 is 2. The number of nitrogens with one attached hydrogen (secondary N) is 2. The van der Waals surface area contributed by atoms with Crippen molar-refractivity contribution in [2.45, 2.75) is 26.1 Å². The number of rotatable bonds is 10. The summed E-state index contributed by atoms with van der Waals surface area (Å²) < 4.78 is 16.3. The number of halogens is 1. The van der Waals surface area contributed by atoms with Crippen molar-refractivity contribution in [3.8, 4) is 17.2 Å². The van der Waals surface area contributed by atoms with Crippen LogP contribution >= 0.6 is 24.0 Å². The van der Waals surface area contributed by atoms with E-state index in [1.807, 2.05) is 62.4 Å². The Morgan fingerprint density at radius 3 is 2.30 bits per heavy atom. The van der Waals surface area contributed by atoms with E-state index in [9.17, 15) is 5.11 Å². The molecule has 0 spiro atoms. The molecule has 2 atom stereocenters. The number of hydrogen-bond acceptors (Lipinski definition) is 5. The topological polar surface area (TPSA) is 84.3 Å². The van der Waals surface area contributed by atoms with Crippen molar-refractivity contribution in [3.63, 3.8) is 0 Å². The summed E-state index contributed by atoms with van der Waals surface area (Å²) in [5.74, 6) is 2.88. The molecule has 0 bridgehead atoms. The molecule has 3 N–H and O–H groups in total. The number of aliphatic hydroxyl groups excluding tert-OH is 1. The summed E-state index contributed by atoms with van der Waals surface area (Å²) in [4.78, 5) is 4.48. The van der Waals surface area contributed by atoms with Gasteiger partial charge in [0, 0.05) is 12.6 Å². The van der Waals surface area contributed by atoms with Crippen LogP contribution in [-0.4, -0.2) is 51.0 Å². The highest BCUT2D eigenvalue weighted by Gasteiger charge is 2.10. The Hall–Kier alpha value is -2.20. The van der Waals surface area contributed by atoms with E-state index in [1.54, 1.807) is 14.2 Å². The van der Waals surface area contributed by atoms with E-state index in [2.05, 4.69) is 15.6 Å². The fraction of sp³-hybridized carbons (Fsp3) is 0.409. The van der Waals surface area contributed by atoms with Crippen molar-refractivity contribution in [2.75, 3.05) is 33.9 Å². The number of aliphatic hydroxyl groups is 1. The van der Waals surface area contributed by atoms with E-state index >= 15 is 0 Å². The molecule has 0 fully saturated rings. The maximum Gasteiger partial charge on any atom is 0.191 e. The largest absolute Gasteiger partial charge is 0.497 e. The van der Waals surface area contributed by atoms with Gasteiger partial charge in [-0.2, -0.15) is 0 Å². The van der Waals surface area contributed by atoms with E-state index < -0.39 is 6.10 Å². The summed E-state index contributed by atoms with van der Waals surface area (Å²) in [5, 5.41) is 16.8. The van der Waals surface area contributed by atoms with Gasteiger partial charge in [-0.15, -0.1) is 24.0 Å². The van der Waals surface area contributed by atoms with Crippen LogP contribution in [0.5, 0.6) is 17.2 Å². The van der Waals surface area contributed by atoms with Crippen molar-refractivity contribution >= 4 is 29.9 Å². The second kappa shape index (κ2) is 13.9. The molecule has 30 heavy (non-hydrogen) atoms. The maximum atomic E-state index is 10.4. The standard InChI is InChI=1S/C22H31N3O4.HI/c1-5-23-22(25-15-21(26)17-9-11-18(27-3)12-10-17)24-14-16(2)29-20-8-6-7-19(13-20)28-4;/h6-13,16,21,26H,5,14-15H2,1-4H3,(H2,23,24,25);1H. The summed E-state index contributed by atoms with van der Waals surface area (Å²) >= 11 is 0. The molecule has 2 aromatic rings. The molecule has 0 amide bonds. The first-order valence-corrected chi connectivity index (χ1v) is 9.70. The second-order valence-corrected chi connectivity index (χ2v) is 6.50. The summed E-state index contributed by atoms with van der Waals surface area (Å²) in [6.07, 6.45) is -0.778. The first-order chi connectivity index (χ1) is 14.0. The van der Waals surface area contributed by atoms with Gasteiger partial charge < -0.3 is 30.0 Å². The van der Waals surface area contributed by atoms with E-state index in [-0.39, 0.29) is 36.6 Å². The Labute approximate surface area is 195 Å². The van der Waals surface area contributed by atoms with Crippen LogP contribution in [0.3, 0.4) is 0 Å². The SMILES string of the molecule is CCNC(=NCC(O)c1ccc(OC)cc1)NCC(C)Oc1cccc(OC)c1.I. The Morgan fingerprint density at radius 1 is 1.00 bits per heavy atom. The zero-order chi connectivity index (χ0) is 21.1. The van der Waals surface area contributed by atoms with Crippen molar-refractivity contribution in [2.24, 2.45) is 4.99 Å². The third-order valence-electron chi connectivity index (χ3n) is 4.20. The van der Waals surface area contributed by atoms with Gasteiger partial charge in [0.1, 0.15) is 23.4 Å². The van der Waals surface area contributed by atoms with Crippen molar-refractivity contribution in [3.05, 3.63) is 54.1 Å². The molecule has 8 heteroatoms. The lowest BCUT2D eigenvalue weighted by Gasteiger charge is -2.18. The monoisotopic (exact) mass is 529 g/mol. The first kappa shape index (κ1) is 25.8. The van der Waals surface area contributed by atoms with Crippen LogP contribution in [0.1, 0.15) is 25.5 Å². The molecule has 0 saturated carbocycles. The van der Waals surface area contributed by atoms with Crippen LogP contribution in [0.15, 0.2) is 53.5 Å². The average Bonchev–Trinajstić information content (AvgIpc) is 2.75. The van der Waals surface area contributed by atoms with Crippen molar-refractivity contribution < 1.29 is 19.3 Å². The minimum Gasteiger partial charge on any atom is -0.497 e. The number of ether oxygens (including phenoxy) is 3. The lowest BCUT2D eigenvalue weighted by Crippen LogP contribution is -2.42. The molecule has 2 unspecified atom stereocenters. The molecule has 2 aromatic carbocycles. The van der Waals surface area contributed by atoms with Crippen molar-refractivity contribution in [1.82, 2.24) is 10.6 Å². The van der Waals surface area contributed by atoms with E-state index in [4.69, 9.17) is 14.2 Å². The fourth-order valence-electron chi connectivity index (χ4n) is 2.64. The summed E-state index contributed by atoms with van der Waals surface area (Å²) in [6.45, 7) is 5.49. The van der Waals surface area contributed by atoms with Crippen LogP contribution in [0.4, 0.5) is 0 Å². The van der Waals surface area contributed by atoms with E-state index in [1.165, 1.54) is 0 Å². The normalized spacial score (nSPS) is 12.9. The van der Waals surface area contributed by atoms with Gasteiger partial charge >= 0.3 is 0 Å². The third kappa shape index (κ3) is 8.66. The van der Waals surface area contributed by atoms with Gasteiger partial charge in [0.25, 0.3) is 0 Å². The number of hydrogen-bond donors (Lipinski definition) is 3. The van der Waals surface area contributed by atoms with Gasteiger partial charge in [-0.3, -0.25) is 4.99 Å². The first-order valence-electron chi connectivity index (χ1n) is 9.70. The predicted octanol–water partition coefficient (Wildman–Crippen LogP) is 3.38.